The number of cyclic esters (lactones) is 1. The van der Waals surface area contributed by atoms with Gasteiger partial charge in [0, 0.05) is 29.4 Å². The van der Waals surface area contributed by atoms with Gasteiger partial charge >= 0.3 is 18.0 Å². The lowest BCUT2D eigenvalue weighted by molar-refractivity contribution is -0.0930. The number of nitrogens with zero attached hydrogens (tertiary/aromatic N) is 2. The van der Waals surface area contributed by atoms with Crippen LogP contribution in [0, 0.1) is 0 Å². The first kappa shape index (κ1) is 25.3. The molecule has 178 valence electrons. The summed E-state index contributed by atoms with van der Waals surface area (Å²) in [6.07, 6.45) is 2.77. The summed E-state index contributed by atoms with van der Waals surface area (Å²) in [6, 6.07) is 5.11. The lowest BCUT2D eigenvalue weighted by Crippen LogP contribution is -2.45. The maximum atomic E-state index is 14.7. The van der Waals surface area contributed by atoms with Crippen LogP contribution in [-0.2, 0) is 21.8 Å². The van der Waals surface area contributed by atoms with Crippen molar-refractivity contribution < 1.29 is 33.0 Å². The van der Waals surface area contributed by atoms with E-state index < -0.39 is 30.1 Å². The van der Waals surface area contributed by atoms with E-state index in [2.05, 4.69) is 25.7 Å². The number of hydrogen-bond acceptors (Lipinski definition) is 7. The fourth-order valence-electron chi connectivity index (χ4n) is 3.34. The molecule has 0 unspecified atom stereocenters. The molecule has 1 N–H and O–H groups in total. The third-order valence-electron chi connectivity index (χ3n) is 5.10. The number of halogens is 3. The molecule has 2 aromatic rings. The second-order valence-electron chi connectivity index (χ2n) is 7.34. The zero-order valence-electron chi connectivity index (χ0n) is 17.7. The van der Waals surface area contributed by atoms with E-state index in [-0.39, 0.29) is 12.2 Å². The van der Waals surface area contributed by atoms with Crippen molar-refractivity contribution >= 4 is 39.3 Å². The predicted octanol–water partition coefficient (Wildman–Crippen LogP) is 4.54. The third-order valence-corrected chi connectivity index (χ3v) is 6.63. The molecule has 7 nitrogen and oxygen atoms in total. The van der Waals surface area contributed by atoms with Crippen LogP contribution in [0.2, 0.25) is 0 Å². The van der Waals surface area contributed by atoms with Crippen LogP contribution in [-0.4, -0.2) is 59.5 Å². The SMILES string of the molecule is COC(=O)c1cnc(CCCN2C(=O)OCC[C@@H]2C=C[C@@H](O)C(F)(F)c2cccc(Br)c2)s1. The average Bonchev–Trinajstić information content (AvgIpc) is 3.27. The molecule has 1 aromatic heterocycles. The number of ether oxygens (including phenoxy) is 2. The van der Waals surface area contributed by atoms with Gasteiger partial charge in [-0.05, 0) is 18.6 Å². The minimum atomic E-state index is -3.50. The molecule has 3 rings (SSSR count). The zero-order chi connectivity index (χ0) is 24.0. The number of carbonyl (C=O) groups excluding carboxylic acids is 2. The number of aromatic nitrogens is 1. The number of aryl methyl sites for hydroxylation is 1. The van der Waals surface area contributed by atoms with E-state index >= 15 is 0 Å². The largest absolute Gasteiger partial charge is 0.465 e. The van der Waals surface area contributed by atoms with Gasteiger partial charge in [-0.25, -0.2) is 14.6 Å². The number of esters is 1. The molecule has 1 amide bonds. The van der Waals surface area contributed by atoms with Crippen molar-refractivity contribution in [2.75, 3.05) is 20.3 Å². The number of aliphatic hydroxyl groups excluding tert-OH is 1. The van der Waals surface area contributed by atoms with Crippen LogP contribution in [0.3, 0.4) is 0 Å². The number of aliphatic hydroxyl groups is 1. The fraction of sp³-hybridized carbons (Fsp3) is 0.409. The standard InChI is InChI=1S/C22H23BrF2N2O5S/c1-31-20(29)17-13-26-19(33-17)6-3-10-27-16(9-11-32-21(27)30)7-8-18(28)22(24,25)14-4-2-5-15(23)12-14/h2,4-5,7-8,12-13,16,18,28H,3,6,9-11H2,1H3/t16-,18+/m0/s1. The van der Waals surface area contributed by atoms with Gasteiger partial charge in [0.15, 0.2) is 0 Å². The number of amides is 1. The molecule has 0 bridgehead atoms. The molecule has 1 aliphatic heterocycles. The minimum absolute atomic E-state index is 0.164. The Morgan fingerprint density at radius 1 is 1.52 bits per heavy atom. The Bertz CT molecular complexity index is 1020. The first-order valence-electron chi connectivity index (χ1n) is 10.2. The molecule has 2 atom stereocenters. The molecule has 33 heavy (non-hydrogen) atoms. The molecule has 11 heteroatoms. The smallest absolute Gasteiger partial charge is 0.410 e. The van der Waals surface area contributed by atoms with E-state index in [1.165, 1.54) is 53.8 Å². The highest BCUT2D eigenvalue weighted by Crippen LogP contribution is 2.34. The summed E-state index contributed by atoms with van der Waals surface area (Å²) in [6.45, 7) is 0.469. The summed E-state index contributed by atoms with van der Waals surface area (Å²) in [7, 11) is 1.29. The van der Waals surface area contributed by atoms with Gasteiger partial charge in [-0.3, -0.25) is 0 Å². The highest BCUT2D eigenvalue weighted by atomic mass is 79.9. The van der Waals surface area contributed by atoms with Crippen LogP contribution in [0.5, 0.6) is 0 Å². The zero-order valence-corrected chi connectivity index (χ0v) is 20.2. The molecular weight excluding hydrogens is 522 g/mol. The van der Waals surface area contributed by atoms with Crippen LogP contribution < -0.4 is 0 Å². The lowest BCUT2D eigenvalue weighted by Gasteiger charge is -2.33. The van der Waals surface area contributed by atoms with Crippen LogP contribution in [0.25, 0.3) is 0 Å². The number of thiazole rings is 1. The Morgan fingerprint density at radius 3 is 3.03 bits per heavy atom. The Balaban J connectivity index is 1.62. The van der Waals surface area contributed by atoms with E-state index in [1.807, 2.05) is 0 Å². The van der Waals surface area contributed by atoms with E-state index in [4.69, 9.17) is 4.74 Å². The molecular formula is C22H23BrF2N2O5S. The number of hydrogen-bond donors (Lipinski definition) is 1. The summed E-state index contributed by atoms with van der Waals surface area (Å²) >= 11 is 4.37. The van der Waals surface area contributed by atoms with Crippen LogP contribution in [0.1, 0.15) is 33.1 Å². The van der Waals surface area contributed by atoms with Crippen molar-refractivity contribution in [1.82, 2.24) is 9.88 Å². The average molecular weight is 545 g/mol. The number of benzene rings is 1. The molecule has 1 aliphatic rings. The fourth-order valence-corrected chi connectivity index (χ4v) is 4.62. The molecule has 0 radical (unpaired) electrons. The number of carbonyl (C=O) groups is 2. The molecule has 0 spiro atoms. The van der Waals surface area contributed by atoms with Crippen molar-refractivity contribution in [2.24, 2.45) is 0 Å². The third kappa shape index (κ3) is 6.36. The van der Waals surface area contributed by atoms with Crippen molar-refractivity contribution in [2.45, 2.75) is 37.3 Å². The summed E-state index contributed by atoms with van der Waals surface area (Å²) in [5.41, 5.74) is -0.316. The minimum Gasteiger partial charge on any atom is -0.465 e. The highest BCUT2D eigenvalue weighted by molar-refractivity contribution is 9.10. The van der Waals surface area contributed by atoms with Crippen molar-refractivity contribution in [3.05, 3.63) is 62.5 Å². The van der Waals surface area contributed by atoms with Gasteiger partial charge in [-0.2, -0.15) is 8.78 Å². The van der Waals surface area contributed by atoms with Gasteiger partial charge in [-0.1, -0.05) is 40.2 Å². The number of alkyl halides is 2. The van der Waals surface area contributed by atoms with Gasteiger partial charge in [-0.15, -0.1) is 11.3 Å². The van der Waals surface area contributed by atoms with Crippen molar-refractivity contribution in [3.63, 3.8) is 0 Å². The van der Waals surface area contributed by atoms with E-state index in [0.29, 0.717) is 35.2 Å². The van der Waals surface area contributed by atoms with Crippen molar-refractivity contribution in [3.8, 4) is 0 Å². The summed E-state index contributed by atoms with van der Waals surface area (Å²) in [5.74, 6) is -3.95. The van der Waals surface area contributed by atoms with Gasteiger partial charge in [0.2, 0.25) is 0 Å². The number of methoxy groups -OCH3 is 1. The second kappa shape index (κ2) is 11.2. The molecule has 1 aromatic carbocycles. The first-order valence-corrected chi connectivity index (χ1v) is 11.8. The predicted molar refractivity (Wildman–Crippen MR) is 121 cm³/mol. The van der Waals surface area contributed by atoms with Gasteiger partial charge in [0.05, 0.1) is 31.0 Å². The van der Waals surface area contributed by atoms with E-state index in [0.717, 1.165) is 11.1 Å². The summed E-state index contributed by atoms with van der Waals surface area (Å²) < 4.78 is 39.6. The quantitative estimate of drug-likeness (QED) is 0.368. The maximum Gasteiger partial charge on any atom is 0.410 e. The number of rotatable bonds is 9. The van der Waals surface area contributed by atoms with Gasteiger partial charge in [0.25, 0.3) is 0 Å². The summed E-state index contributed by atoms with van der Waals surface area (Å²) in [4.78, 5) is 29.8. The van der Waals surface area contributed by atoms with Crippen LogP contribution in [0.4, 0.5) is 13.6 Å². The molecule has 0 saturated carbocycles. The van der Waals surface area contributed by atoms with Crippen LogP contribution in [0.15, 0.2) is 47.1 Å². The van der Waals surface area contributed by atoms with Gasteiger partial charge < -0.3 is 19.5 Å². The molecule has 0 aliphatic carbocycles. The second-order valence-corrected chi connectivity index (χ2v) is 9.37. The molecule has 1 fully saturated rings. The summed E-state index contributed by atoms with van der Waals surface area (Å²) in [5, 5.41) is 10.9. The Labute approximate surface area is 202 Å². The van der Waals surface area contributed by atoms with Crippen molar-refractivity contribution in [1.29, 1.82) is 0 Å². The maximum absolute atomic E-state index is 14.7. The molecule has 2 heterocycles. The monoisotopic (exact) mass is 544 g/mol. The highest BCUT2D eigenvalue weighted by Gasteiger charge is 2.39. The normalized spacial score (nSPS) is 17.8. The van der Waals surface area contributed by atoms with Crippen LogP contribution >= 0.6 is 27.3 Å². The molecule has 1 saturated heterocycles. The van der Waals surface area contributed by atoms with E-state index in [9.17, 15) is 23.5 Å². The van der Waals surface area contributed by atoms with Gasteiger partial charge in [0.1, 0.15) is 11.0 Å². The lowest BCUT2D eigenvalue weighted by atomic mass is 10.0. The Morgan fingerprint density at radius 2 is 2.30 bits per heavy atom. The first-order chi connectivity index (χ1) is 15.7. The van der Waals surface area contributed by atoms with E-state index in [1.54, 1.807) is 6.07 Å². The Kier molecular flexibility index (Phi) is 8.55. The topological polar surface area (TPSA) is 89.0 Å². The Hall–Kier alpha value is -2.37.